The van der Waals surface area contributed by atoms with Gasteiger partial charge >= 0.3 is 11.9 Å². The lowest BCUT2D eigenvalue weighted by atomic mass is 9.95. The summed E-state index contributed by atoms with van der Waals surface area (Å²) in [7, 11) is -3.48. The lowest BCUT2D eigenvalue weighted by Gasteiger charge is -2.14. The molecule has 0 aliphatic heterocycles. The maximum Gasteiger partial charge on any atom is 0.336 e. The van der Waals surface area contributed by atoms with Crippen molar-refractivity contribution >= 4 is 32.9 Å². The number of ether oxygens (including phenoxy) is 1. The molecule has 28 heavy (non-hydrogen) atoms. The lowest BCUT2D eigenvalue weighted by molar-refractivity contribution is -0.139. The van der Waals surface area contributed by atoms with Crippen LogP contribution in [0.15, 0.2) is 47.4 Å². The van der Waals surface area contributed by atoms with Crippen LogP contribution in [0.1, 0.15) is 18.1 Å². The molecule has 2 aromatic rings. The van der Waals surface area contributed by atoms with Crippen molar-refractivity contribution in [1.82, 2.24) is 0 Å². The average molecular weight is 410 g/mol. The predicted octanol–water partition coefficient (Wildman–Crippen LogP) is 2.93. The third kappa shape index (κ3) is 5.01. The smallest absolute Gasteiger partial charge is 0.336 e. The van der Waals surface area contributed by atoms with Crippen LogP contribution in [0.25, 0.3) is 11.1 Å². The van der Waals surface area contributed by atoms with Crippen molar-refractivity contribution in [2.45, 2.75) is 11.8 Å². The van der Waals surface area contributed by atoms with Crippen LogP contribution < -0.4 is 0 Å². The molecule has 0 bridgehead atoms. The van der Waals surface area contributed by atoms with Gasteiger partial charge in [0.05, 0.1) is 10.5 Å². The van der Waals surface area contributed by atoms with Crippen molar-refractivity contribution in [3.8, 4) is 0 Å². The van der Waals surface area contributed by atoms with E-state index in [4.69, 9.17) is 4.74 Å². The summed E-state index contributed by atoms with van der Waals surface area (Å²) in [6.45, 7) is 0.663. The van der Waals surface area contributed by atoms with Crippen molar-refractivity contribution in [3.63, 3.8) is 0 Å². The molecule has 0 atom stereocenters. The first-order valence-electron chi connectivity index (χ1n) is 7.86. The van der Waals surface area contributed by atoms with Crippen LogP contribution in [0.2, 0.25) is 0 Å². The van der Waals surface area contributed by atoms with Crippen molar-refractivity contribution in [2.75, 3.05) is 12.9 Å². The highest BCUT2D eigenvalue weighted by Gasteiger charge is 2.21. The molecule has 0 fully saturated rings. The molecule has 0 spiro atoms. The van der Waals surface area contributed by atoms with Crippen LogP contribution in [-0.4, -0.2) is 38.3 Å². The van der Waals surface area contributed by atoms with Gasteiger partial charge in [-0.25, -0.2) is 22.0 Å². The summed E-state index contributed by atoms with van der Waals surface area (Å²) in [5.74, 6) is -4.52. The molecule has 0 radical (unpaired) electrons. The molecule has 2 rings (SSSR count). The third-order valence-corrected chi connectivity index (χ3v) is 4.90. The standard InChI is InChI=1S/C19H16F2O6S/c1-11(22)27-10-15(12-3-6-14(7-4-12)28(2,25)26)18(19(23)24)13-5-8-16(20)17(21)9-13/h3-9H,10H2,1-2H3,(H,23,24)/b18-15-. The molecular formula is C19H16F2O6S. The normalized spacial score (nSPS) is 12.3. The third-order valence-electron chi connectivity index (χ3n) is 3.77. The zero-order chi connectivity index (χ0) is 21.1. The Labute approximate surface area is 160 Å². The first-order valence-corrected chi connectivity index (χ1v) is 9.75. The second-order valence-electron chi connectivity index (χ2n) is 5.86. The number of sulfone groups is 1. The predicted molar refractivity (Wildman–Crippen MR) is 97.0 cm³/mol. The summed E-state index contributed by atoms with van der Waals surface area (Å²) in [5.41, 5.74) is -0.308. The first-order chi connectivity index (χ1) is 13.0. The molecule has 0 aromatic heterocycles. The van der Waals surface area contributed by atoms with Crippen molar-refractivity contribution in [2.24, 2.45) is 0 Å². The Hall–Kier alpha value is -3.07. The summed E-state index contributed by atoms with van der Waals surface area (Å²) >= 11 is 0. The number of rotatable bonds is 6. The molecular weight excluding hydrogens is 394 g/mol. The number of halogens is 2. The number of carbonyl (C=O) groups is 2. The van der Waals surface area contributed by atoms with E-state index in [0.29, 0.717) is 0 Å². The van der Waals surface area contributed by atoms with Crippen LogP contribution in [0.5, 0.6) is 0 Å². The number of hydrogen-bond donors (Lipinski definition) is 1. The minimum Gasteiger partial charge on any atom is -0.478 e. The molecule has 0 aliphatic carbocycles. The molecule has 1 N–H and O–H groups in total. The Morgan fingerprint density at radius 2 is 1.57 bits per heavy atom. The first kappa shape index (κ1) is 21.2. The molecule has 0 saturated heterocycles. The van der Waals surface area contributed by atoms with Crippen LogP contribution in [0.4, 0.5) is 8.78 Å². The van der Waals surface area contributed by atoms with Crippen molar-refractivity contribution in [3.05, 3.63) is 65.2 Å². The molecule has 0 unspecified atom stereocenters. The van der Waals surface area contributed by atoms with E-state index < -0.39 is 45.6 Å². The highest BCUT2D eigenvalue weighted by molar-refractivity contribution is 7.90. The Morgan fingerprint density at radius 1 is 1.00 bits per heavy atom. The largest absolute Gasteiger partial charge is 0.478 e. The Balaban J connectivity index is 2.70. The summed E-state index contributed by atoms with van der Waals surface area (Å²) in [6, 6.07) is 7.81. The quantitative estimate of drug-likeness (QED) is 0.447. The topological polar surface area (TPSA) is 97.7 Å². The molecule has 0 amide bonds. The fourth-order valence-electron chi connectivity index (χ4n) is 2.46. The highest BCUT2D eigenvalue weighted by atomic mass is 32.2. The summed E-state index contributed by atoms with van der Waals surface area (Å²) < 4.78 is 55.0. The number of carboxylic acid groups (broad SMARTS) is 1. The zero-order valence-corrected chi connectivity index (χ0v) is 15.7. The highest BCUT2D eigenvalue weighted by Crippen LogP contribution is 2.29. The van der Waals surface area contributed by atoms with Crippen LogP contribution in [0.3, 0.4) is 0 Å². The van der Waals surface area contributed by atoms with Gasteiger partial charge in [-0.05, 0) is 35.4 Å². The fraction of sp³-hybridized carbons (Fsp3) is 0.158. The molecule has 0 heterocycles. The fourth-order valence-corrected chi connectivity index (χ4v) is 3.09. The van der Waals surface area contributed by atoms with E-state index in [2.05, 4.69) is 0 Å². The van der Waals surface area contributed by atoms with Crippen molar-refractivity contribution < 1.29 is 36.6 Å². The maximum atomic E-state index is 13.6. The van der Waals surface area contributed by atoms with E-state index in [0.717, 1.165) is 31.4 Å². The Bertz CT molecular complexity index is 1060. The van der Waals surface area contributed by atoms with Gasteiger partial charge in [-0.2, -0.15) is 0 Å². The zero-order valence-electron chi connectivity index (χ0n) is 14.9. The molecule has 0 aliphatic rings. The monoisotopic (exact) mass is 410 g/mol. The Morgan fingerprint density at radius 3 is 2.04 bits per heavy atom. The van der Waals surface area contributed by atoms with E-state index in [-0.39, 0.29) is 21.6 Å². The number of hydrogen-bond acceptors (Lipinski definition) is 5. The van der Waals surface area contributed by atoms with Gasteiger partial charge in [-0.1, -0.05) is 18.2 Å². The number of carbonyl (C=O) groups excluding carboxylic acids is 1. The molecule has 9 heteroatoms. The number of carboxylic acids is 1. The van der Waals surface area contributed by atoms with Gasteiger partial charge in [-0.15, -0.1) is 0 Å². The lowest BCUT2D eigenvalue weighted by Crippen LogP contribution is -2.10. The molecule has 6 nitrogen and oxygen atoms in total. The minimum absolute atomic E-state index is 0.00578. The van der Waals surface area contributed by atoms with E-state index in [1.807, 2.05) is 0 Å². The SMILES string of the molecule is CC(=O)OC/C(=C(/C(=O)O)c1ccc(F)c(F)c1)c1ccc(S(C)(=O)=O)cc1. The minimum atomic E-state index is -3.48. The van der Waals surface area contributed by atoms with Gasteiger partial charge in [0.1, 0.15) is 6.61 Å². The summed E-state index contributed by atoms with van der Waals surface area (Å²) in [5, 5.41) is 9.66. The van der Waals surface area contributed by atoms with Crippen molar-refractivity contribution in [1.29, 1.82) is 0 Å². The van der Waals surface area contributed by atoms with Gasteiger partial charge in [-0.3, -0.25) is 4.79 Å². The van der Waals surface area contributed by atoms with E-state index in [1.54, 1.807) is 0 Å². The van der Waals surface area contributed by atoms with Crippen LogP contribution >= 0.6 is 0 Å². The maximum absolute atomic E-state index is 13.6. The molecule has 148 valence electrons. The van der Waals surface area contributed by atoms with Gasteiger partial charge in [0.25, 0.3) is 0 Å². The van der Waals surface area contributed by atoms with E-state index >= 15 is 0 Å². The number of aliphatic carboxylic acids is 1. The number of esters is 1. The Kier molecular flexibility index (Phi) is 6.30. The second kappa shape index (κ2) is 8.30. The average Bonchev–Trinajstić information content (AvgIpc) is 2.60. The van der Waals surface area contributed by atoms with Crippen LogP contribution in [0, 0.1) is 11.6 Å². The van der Waals surface area contributed by atoms with Crippen LogP contribution in [-0.2, 0) is 24.2 Å². The van der Waals surface area contributed by atoms with Gasteiger partial charge < -0.3 is 9.84 Å². The van der Waals surface area contributed by atoms with E-state index in [1.165, 1.54) is 24.3 Å². The summed E-state index contributed by atoms with van der Waals surface area (Å²) in [6.07, 6.45) is 1.02. The molecule has 0 saturated carbocycles. The summed E-state index contributed by atoms with van der Waals surface area (Å²) in [4.78, 5) is 23.1. The second-order valence-corrected chi connectivity index (χ2v) is 7.88. The van der Waals surface area contributed by atoms with Gasteiger partial charge in [0, 0.05) is 18.8 Å². The van der Waals surface area contributed by atoms with Gasteiger partial charge in [0.15, 0.2) is 21.5 Å². The number of benzene rings is 2. The van der Waals surface area contributed by atoms with E-state index in [9.17, 15) is 31.9 Å². The molecule has 2 aromatic carbocycles. The van der Waals surface area contributed by atoms with Gasteiger partial charge in [0.2, 0.25) is 0 Å².